The van der Waals surface area contributed by atoms with E-state index in [4.69, 9.17) is 5.84 Å². The molecule has 0 aliphatic rings. The van der Waals surface area contributed by atoms with Crippen LogP contribution >= 0.6 is 11.8 Å². The molecule has 0 bridgehead atoms. The van der Waals surface area contributed by atoms with Crippen molar-refractivity contribution in [1.29, 1.82) is 0 Å². The van der Waals surface area contributed by atoms with Gasteiger partial charge in [-0.3, -0.25) is 16.0 Å². The van der Waals surface area contributed by atoms with Crippen molar-refractivity contribution >= 4 is 11.8 Å². The van der Waals surface area contributed by atoms with E-state index >= 15 is 0 Å². The van der Waals surface area contributed by atoms with Crippen LogP contribution in [0.15, 0.2) is 41.6 Å². The van der Waals surface area contributed by atoms with E-state index in [1.54, 1.807) is 16.4 Å². The summed E-state index contributed by atoms with van der Waals surface area (Å²) in [6.07, 6.45) is 3.84. The molecule has 1 heterocycles. The molecule has 0 fully saturated rings. The number of thioether (sulfide) groups is 1. The summed E-state index contributed by atoms with van der Waals surface area (Å²) in [6.45, 7) is 2.10. The minimum Gasteiger partial charge on any atom is -0.275 e. The monoisotopic (exact) mass is 262 g/mol. The molecule has 96 valence electrons. The molecule has 0 radical (unpaired) electrons. The Morgan fingerprint density at radius 2 is 2.33 bits per heavy atom. The van der Waals surface area contributed by atoms with Crippen molar-refractivity contribution in [2.45, 2.75) is 17.9 Å². The zero-order valence-corrected chi connectivity index (χ0v) is 11.4. The van der Waals surface area contributed by atoms with Gasteiger partial charge in [-0.05, 0) is 19.1 Å². The summed E-state index contributed by atoms with van der Waals surface area (Å²) in [5.74, 6) is 6.49. The van der Waals surface area contributed by atoms with Crippen LogP contribution in [0.5, 0.6) is 0 Å². The first-order valence-corrected chi connectivity index (χ1v) is 6.82. The third kappa shape index (κ3) is 3.35. The van der Waals surface area contributed by atoms with Gasteiger partial charge in [-0.1, -0.05) is 17.7 Å². The van der Waals surface area contributed by atoms with Crippen LogP contribution < -0.4 is 11.3 Å². The fourth-order valence-corrected chi connectivity index (χ4v) is 2.84. The molecule has 1 atom stereocenters. The van der Waals surface area contributed by atoms with Crippen molar-refractivity contribution < 1.29 is 0 Å². The van der Waals surface area contributed by atoms with Gasteiger partial charge in [-0.2, -0.15) is 5.10 Å². The third-order valence-corrected chi connectivity index (χ3v) is 3.82. The molecule has 2 rings (SSSR count). The van der Waals surface area contributed by atoms with Gasteiger partial charge in [0.15, 0.2) is 0 Å². The minimum absolute atomic E-state index is 0.115. The first kappa shape index (κ1) is 13.1. The number of hydrazine groups is 1. The molecule has 0 spiro atoms. The fraction of sp³-hybridized carbons (Fsp3) is 0.308. The van der Waals surface area contributed by atoms with Crippen LogP contribution in [0.1, 0.15) is 17.2 Å². The number of hydrogen-bond donors (Lipinski definition) is 2. The Hall–Kier alpha value is -1.30. The van der Waals surface area contributed by atoms with E-state index < -0.39 is 0 Å². The van der Waals surface area contributed by atoms with Crippen molar-refractivity contribution in [2.75, 3.05) is 5.75 Å². The summed E-state index contributed by atoms with van der Waals surface area (Å²) in [5.41, 5.74) is 5.23. The second kappa shape index (κ2) is 6.04. The van der Waals surface area contributed by atoms with Crippen LogP contribution in [0.2, 0.25) is 0 Å². The molecule has 4 nitrogen and oxygen atoms in total. The van der Waals surface area contributed by atoms with E-state index in [2.05, 4.69) is 41.7 Å². The number of benzene rings is 1. The first-order valence-electron chi connectivity index (χ1n) is 5.83. The largest absolute Gasteiger partial charge is 0.275 e. The Labute approximate surface area is 112 Å². The van der Waals surface area contributed by atoms with Crippen molar-refractivity contribution in [2.24, 2.45) is 12.9 Å². The number of nitrogens with one attached hydrogen (secondary N) is 1. The van der Waals surface area contributed by atoms with Gasteiger partial charge in [0.1, 0.15) is 0 Å². The molecular formula is C13H18N4S. The predicted octanol–water partition coefficient (Wildman–Crippen LogP) is 2.03. The molecule has 18 heavy (non-hydrogen) atoms. The molecule has 0 aliphatic heterocycles. The van der Waals surface area contributed by atoms with Crippen LogP contribution in [0.4, 0.5) is 0 Å². The summed E-state index contributed by atoms with van der Waals surface area (Å²) < 4.78 is 1.79. The summed E-state index contributed by atoms with van der Waals surface area (Å²) in [6, 6.07) is 8.59. The van der Waals surface area contributed by atoms with Gasteiger partial charge in [0, 0.05) is 29.5 Å². The molecule has 0 aliphatic carbocycles. The van der Waals surface area contributed by atoms with Gasteiger partial charge in [-0.25, -0.2) is 0 Å². The fourth-order valence-electron chi connectivity index (χ4n) is 1.75. The zero-order chi connectivity index (χ0) is 13.0. The molecular weight excluding hydrogens is 244 g/mol. The molecule has 3 N–H and O–H groups in total. The number of rotatable bonds is 5. The Kier molecular flexibility index (Phi) is 4.41. The van der Waals surface area contributed by atoms with E-state index in [0.29, 0.717) is 0 Å². The van der Waals surface area contributed by atoms with Crippen molar-refractivity contribution in [3.05, 3.63) is 47.8 Å². The Balaban J connectivity index is 1.99. The minimum atomic E-state index is 0.115. The lowest BCUT2D eigenvalue weighted by Gasteiger charge is -2.13. The summed E-state index contributed by atoms with van der Waals surface area (Å²) in [7, 11) is 1.91. The van der Waals surface area contributed by atoms with Gasteiger partial charge in [0.2, 0.25) is 0 Å². The van der Waals surface area contributed by atoms with E-state index in [1.807, 2.05) is 19.4 Å². The van der Waals surface area contributed by atoms with Gasteiger partial charge >= 0.3 is 0 Å². The lowest BCUT2D eigenvalue weighted by atomic mass is 10.2. The zero-order valence-electron chi connectivity index (χ0n) is 10.6. The molecule has 1 aromatic carbocycles. The van der Waals surface area contributed by atoms with Gasteiger partial charge < -0.3 is 0 Å². The number of nitrogens with zero attached hydrogens (tertiary/aromatic N) is 2. The van der Waals surface area contributed by atoms with Crippen molar-refractivity contribution in [3.63, 3.8) is 0 Å². The van der Waals surface area contributed by atoms with E-state index in [1.165, 1.54) is 10.5 Å². The summed E-state index contributed by atoms with van der Waals surface area (Å²) in [5, 5.41) is 4.17. The first-order chi connectivity index (χ1) is 8.69. The highest BCUT2D eigenvalue weighted by atomic mass is 32.2. The molecule has 0 saturated heterocycles. The Bertz CT molecular complexity index is 509. The molecule has 0 amide bonds. The lowest BCUT2D eigenvalue weighted by Crippen LogP contribution is -2.29. The average molecular weight is 262 g/mol. The maximum atomic E-state index is 5.61. The molecule has 0 saturated carbocycles. The number of hydrogen-bond acceptors (Lipinski definition) is 4. The average Bonchev–Trinajstić information content (AvgIpc) is 2.77. The Morgan fingerprint density at radius 3 is 2.94 bits per heavy atom. The van der Waals surface area contributed by atoms with Crippen LogP contribution in [-0.2, 0) is 7.05 Å². The topological polar surface area (TPSA) is 55.9 Å². The number of aromatic nitrogens is 2. The SMILES string of the molecule is Cc1cccc(SCC(NN)c2cnn(C)c2)c1. The second-order valence-corrected chi connectivity index (χ2v) is 5.39. The second-order valence-electron chi connectivity index (χ2n) is 4.29. The van der Waals surface area contributed by atoms with Gasteiger partial charge in [-0.15, -0.1) is 11.8 Å². The van der Waals surface area contributed by atoms with Crippen LogP contribution in [0.25, 0.3) is 0 Å². The molecule has 2 aromatic rings. The van der Waals surface area contributed by atoms with Crippen LogP contribution in [0.3, 0.4) is 0 Å². The van der Waals surface area contributed by atoms with E-state index in [-0.39, 0.29) is 6.04 Å². The lowest BCUT2D eigenvalue weighted by molar-refractivity contribution is 0.610. The maximum Gasteiger partial charge on any atom is 0.0584 e. The van der Waals surface area contributed by atoms with Gasteiger partial charge in [0.25, 0.3) is 0 Å². The van der Waals surface area contributed by atoms with Crippen molar-refractivity contribution in [3.8, 4) is 0 Å². The van der Waals surface area contributed by atoms with Crippen LogP contribution in [-0.4, -0.2) is 15.5 Å². The Morgan fingerprint density at radius 1 is 1.50 bits per heavy atom. The predicted molar refractivity (Wildman–Crippen MR) is 75.2 cm³/mol. The van der Waals surface area contributed by atoms with E-state index in [0.717, 1.165) is 11.3 Å². The third-order valence-electron chi connectivity index (χ3n) is 2.73. The smallest absolute Gasteiger partial charge is 0.0584 e. The quantitative estimate of drug-likeness (QED) is 0.492. The maximum absolute atomic E-state index is 5.61. The molecule has 5 heteroatoms. The number of nitrogens with two attached hydrogens (primary N) is 1. The highest BCUT2D eigenvalue weighted by Crippen LogP contribution is 2.24. The highest BCUT2D eigenvalue weighted by molar-refractivity contribution is 7.99. The highest BCUT2D eigenvalue weighted by Gasteiger charge is 2.11. The standard InChI is InChI=1S/C13H18N4S/c1-10-4-3-5-12(6-10)18-9-13(16-14)11-7-15-17(2)8-11/h3-8,13,16H,9,14H2,1-2H3. The normalized spacial score (nSPS) is 12.6. The summed E-state index contributed by atoms with van der Waals surface area (Å²) >= 11 is 1.79. The molecule has 1 aromatic heterocycles. The van der Waals surface area contributed by atoms with E-state index in [9.17, 15) is 0 Å². The molecule has 1 unspecified atom stereocenters. The summed E-state index contributed by atoms with van der Waals surface area (Å²) in [4.78, 5) is 1.26. The van der Waals surface area contributed by atoms with Crippen molar-refractivity contribution in [1.82, 2.24) is 15.2 Å². The van der Waals surface area contributed by atoms with Crippen LogP contribution in [0, 0.1) is 6.92 Å². The number of aryl methyl sites for hydroxylation is 2. The van der Waals surface area contributed by atoms with Gasteiger partial charge in [0.05, 0.1) is 12.2 Å².